The quantitative estimate of drug-likeness (QED) is 0.247. The Kier molecular flexibility index (Phi) is 14.1. The van der Waals surface area contributed by atoms with Gasteiger partial charge in [-0.25, -0.2) is 8.93 Å². The zero-order chi connectivity index (χ0) is 22.5. The highest BCUT2D eigenvalue weighted by atomic mass is 32.2. The summed E-state index contributed by atoms with van der Waals surface area (Å²) in [4.78, 5) is 12.4. The molecule has 0 rings (SSSR count). The maximum absolute atomic E-state index is 13.7. The van der Waals surface area contributed by atoms with Crippen molar-refractivity contribution in [2.24, 2.45) is 5.92 Å². The molecule has 3 atom stereocenters. The minimum Gasteiger partial charge on any atom is -0.465 e. The molecule has 4 nitrogen and oxygen atoms in total. The minimum atomic E-state index is -4.70. The molecule has 0 heterocycles. The highest BCUT2D eigenvalue weighted by Gasteiger charge is 2.49. The van der Waals surface area contributed by atoms with Gasteiger partial charge in [0.1, 0.15) is 6.04 Å². The van der Waals surface area contributed by atoms with Gasteiger partial charge < -0.3 is 4.74 Å². The van der Waals surface area contributed by atoms with Crippen molar-refractivity contribution in [3.05, 3.63) is 0 Å². The summed E-state index contributed by atoms with van der Waals surface area (Å²) in [5.74, 6) is -2.26. The van der Waals surface area contributed by atoms with Crippen LogP contribution in [0.15, 0.2) is 0 Å². The standard InChI is InChI=1S/C21H40F3NO3S/c1-6-8-9-10-11-12-13-14-15-17(19(26)28-16-7-2)18(21(22,23)24)25-29(27)20(3,4)5/h17-18,25H,6-16H2,1-5H3/t17-,18-,29-/m0/s1. The third-order valence-corrected chi connectivity index (χ3v) is 6.25. The fraction of sp³-hybridized carbons (Fsp3) is 0.952. The van der Waals surface area contributed by atoms with E-state index in [-0.39, 0.29) is 13.0 Å². The molecule has 0 saturated heterocycles. The third kappa shape index (κ3) is 12.6. The number of esters is 1. The molecule has 0 fully saturated rings. The lowest BCUT2D eigenvalue weighted by molar-refractivity contribution is -0.179. The van der Waals surface area contributed by atoms with E-state index >= 15 is 0 Å². The average molecular weight is 444 g/mol. The molecule has 0 bridgehead atoms. The van der Waals surface area contributed by atoms with E-state index in [9.17, 15) is 22.2 Å². The van der Waals surface area contributed by atoms with Crippen LogP contribution >= 0.6 is 0 Å². The van der Waals surface area contributed by atoms with Gasteiger partial charge in [0.2, 0.25) is 0 Å². The van der Waals surface area contributed by atoms with Gasteiger partial charge in [-0.05, 0) is 33.6 Å². The average Bonchev–Trinajstić information content (AvgIpc) is 2.61. The number of ether oxygens (including phenoxy) is 1. The van der Waals surface area contributed by atoms with Crippen molar-refractivity contribution < 1.29 is 26.9 Å². The summed E-state index contributed by atoms with van der Waals surface area (Å²) in [6.45, 7) is 8.79. The molecule has 0 amide bonds. The number of hydrogen-bond donors (Lipinski definition) is 1. The van der Waals surface area contributed by atoms with Crippen LogP contribution in [-0.4, -0.2) is 33.8 Å². The summed E-state index contributed by atoms with van der Waals surface area (Å²) in [6, 6.07) is -2.18. The van der Waals surface area contributed by atoms with E-state index in [2.05, 4.69) is 11.6 Å². The van der Waals surface area contributed by atoms with E-state index in [0.717, 1.165) is 25.7 Å². The van der Waals surface area contributed by atoms with Gasteiger partial charge in [-0.3, -0.25) is 4.79 Å². The van der Waals surface area contributed by atoms with Crippen LogP contribution in [-0.2, 0) is 20.5 Å². The molecule has 0 aliphatic heterocycles. The Morgan fingerprint density at radius 3 is 1.90 bits per heavy atom. The van der Waals surface area contributed by atoms with Gasteiger partial charge in [0.15, 0.2) is 0 Å². The first-order chi connectivity index (χ1) is 13.4. The maximum Gasteiger partial charge on any atom is 0.405 e. The van der Waals surface area contributed by atoms with Gasteiger partial charge in [0, 0.05) is 0 Å². The molecule has 0 aromatic rings. The second kappa shape index (κ2) is 14.4. The molecule has 0 saturated carbocycles. The van der Waals surface area contributed by atoms with Gasteiger partial charge in [0.05, 0.1) is 28.3 Å². The normalized spacial score (nSPS) is 15.7. The number of rotatable bonds is 15. The van der Waals surface area contributed by atoms with E-state index in [0.29, 0.717) is 12.8 Å². The van der Waals surface area contributed by atoms with E-state index in [1.165, 1.54) is 19.3 Å². The number of alkyl halides is 3. The summed E-state index contributed by atoms with van der Waals surface area (Å²) in [7, 11) is -1.95. The Morgan fingerprint density at radius 2 is 1.45 bits per heavy atom. The van der Waals surface area contributed by atoms with Crippen LogP contribution in [0.3, 0.4) is 0 Å². The van der Waals surface area contributed by atoms with Gasteiger partial charge in [0.25, 0.3) is 0 Å². The lowest BCUT2D eigenvalue weighted by Crippen LogP contribution is -2.53. The van der Waals surface area contributed by atoms with Crippen LogP contribution in [0.5, 0.6) is 0 Å². The number of carbonyl (C=O) groups is 1. The monoisotopic (exact) mass is 443 g/mol. The lowest BCUT2D eigenvalue weighted by Gasteiger charge is -2.30. The molecule has 1 N–H and O–H groups in total. The minimum absolute atomic E-state index is 0.0655. The van der Waals surface area contributed by atoms with Gasteiger partial charge in [-0.2, -0.15) is 13.2 Å². The van der Waals surface area contributed by atoms with Crippen molar-refractivity contribution in [3.63, 3.8) is 0 Å². The second-order valence-electron chi connectivity index (χ2n) is 8.56. The van der Waals surface area contributed by atoms with Crippen LogP contribution in [0.1, 0.15) is 98.8 Å². The Bertz CT molecular complexity index is 479. The number of carbonyl (C=O) groups excluding carboxylic acids is 1. The maximum atomic E-state index is 13.7. The first kappa shape index (κ1) is 28.4. The molecule has 0 aromatic heterocycles. The Hall–Kier alpha value is -0.630. The first-order valence-corrected chi connectivity index (χ1v) is 12.0. The highest BCUT2D eigenvalue weighted by Crippen LogP contribution is 2.31. The predicted molar refractivity (Wildman–Crippen MR) is 113 cm³/mol. The van der Waals surface area contributed by atoms with Gasteiger partial charge >= 0.3 is 12.1 Å². The summed E-state index contributed by atoms with van der Waals surface area (Å²) in [6.07, 6.45) is 3.87. The zero-order valence-corrected chi connectivity index (χ0v) is 19.5. The highest BCUT2D eigenvalue weighted by molar-refractivity contribution is 7.84. The number of nitrogens with one attached hydrogen (secondary N) is 1. The molecule has 0 aliphatic carbocycles. The lowest BCUT2D eigenvalue weighted by atomic mass is 9.93. The predicted octanol–water partition coefficient (Wildman–Crippen LogP) is 6.07. The van der Waals surface area contributed by atoms with E-state index in [1.54, 1.807) is 27.7 Å². The summed E-state index contributed by atoms with van der Waals surface area (Å²) < 4.78 is 59.9. The molecule has 0 spiro atoms. The van der Waals surface area contributed by atoms with Crippen LogP contribution in [0.2, 0.25) is 0 Å². The molecule has 29 heavy (non-hydrogen) atoms. The van der Waals surface area contributed by atoms with Crippen LogP contribution < -0.4 is 4.72 Å². The Morgan fingerprint density at radius 1 is 0.931 bits per heavy atom. The van der Waals surface area contributed by atoms with Crippen molar-refractivity contribution in [2.45, 2.75) is 116 Å². The largest absolute Gasteiger partial charge is 0.465 e. The molecule has 8 heteroatoms. The Labute approximate surface area is 177 Å². The molecule has 0 radical (unpaired) electrons. The van der Waals surface area contributed by atoms with E-state index in [1.807, 2.05) is 0 Å². The molecule has 0 aromatic carbocycles. The smallest absolute Gasteiger partial charge is 0.405 e. The molecule has 0 unspecified atom stereocenters. The number of halogens is 3. The molecule has 0 aliphatic rings. The summed E-state index contributed by atoms with van der Waals surface area (Å²) in [5.41, 5.74) is 0. The van der Waals surface area contributed by atoms with Gasteiger partial charge in [-0.15, -0.1) is 0 Å². The fourth-order valence-corrected chi connectivity index (χ4v) is 3.78. The number of unbranched alkanes of at least 4 members (excludes halogenated alkanes) is 7. The van der Waals surface area contributed by atoms with E-state index in [4.69, 9.17) is 4.74 Å². The van der Waals surface area contributed by atoms with E-state index < -0.39 is 39.8 Å². The van der Waals surface area contributed by atoms with Crippen molar-refractivity contribution in [1.29, 1.82) is 0 Å². The van der Waals surface area contributed by atoms with Crippen LogP contribution in [0.25, 0.3) is 0 Å². The Balaban J connectivity index is 5.03. The molecular weight excluding hydrogens is 403 g/mol. The fourth-order valence-electron chi connectivity index (χ4n) is 2.90. The van der Waals surface area contributed by atoms with Crippen LogP contribution in [0, 0.1) is 5.92 Å². The topological polar surface area (TPSA) is 55.4 Å². The van der Waals surface area contributed by atoms with Crippen molar-refractivity contribution in [2.75, 3.05) is 6.61 Å². The second-order valence-corrected chi connectivity index (χ2v) is 10.6. The first-order valence-electron chi connectivity index (χ1n) is 10.9. The van der Waals surface area contributed by atoms with Gasteiger partial charge in [-0.1, -0.05) is 65.2 Å². The summed E-state index contributed by atoms with van der Waals surface area (Å²) in [5, 5.41) is 0. The molecule has 174 valence electrons. The van der Waals surface area contributed by atoms with Crippen LogP contribution in [0.4, 0.5) is 13.2 Å². The van der Waals surface area contributed by atoms with Crippen molar-refractivity contribution in [1.82, 2.24) is 4.72 Å². The SMILES string of the molecule is CCCCCCCCCC[C@H](C(=O)OCCC)[C@H](N[S@@](=O)C(C)(C)C)C(F)(F)F. The molecular formula is C21H40F3NO3S. The zero-order valence-electron chi connectivity index (χ0n) is 18.7. The third-order valence-electron chi connectivity index (χ3n) is 4.67. The number of hydrogen-bond acceptors (Lipinski definition) is 3. The van der Waals surface area contributed by atoms with Crippen molar-refractivity contribution >= 4 is 17.0 Å². The van der Waals surface area contributed by atoms with Crippen molar-refractivity contribution in [3.8, 4) is 0 Å². The summed E-state index contributed by atoms with van der Waals surface area (Å²) >= 11 is 0.